The lowest BCUT2D eigenvalue weighted by molar-refractivity contribution is -0.0889. The normalized spacial score (nSPS) is 20.1. The predicted octanol–water partition coefficient (Wildman–Crippen LogP) is 1.31. The molecule has 0 aliphatic carbocycles. The lowest BCUT2D eigenvalue weighted by atomic mass is 9.98. The number of phenolic OH excluding ortho intramolecular Hbond substituents is 3. The van der Waals surface area contributed by atoms with E-state index in [1.165, 1.54) is 36.4 Å². The molecule has 0 unspecified atom stereocenters. The Kier molecular flexibility index (Phi) is 2.77. The van der Waals surface area contributed by atoms with E-state index in [-0.39, 0.29) is 35.0 Å². The van der Waals surface area contributed by atoms with Crippen LogP contribution in [0.3, 0.4) is 0 Å². The predicted molar refractivity (Wildman–Crippen MR) is 71.5 cm³/mol. The first kappa shape index (κ1) is 13.3. The molecule has 0 amide bonds. The van der Waals surface area contributed by atoms with Crippen LogP contribution in [0.5, 0.6) is 23.0 Å². The number of fused-ring (bicyclic) bond motifs is 1. The van der Waals surface area contributed by atoms with Crippen LogP contribution in [-0.4, -0.2) is 32.0 Å². The Labute approximate surface area is 119 Å². The number of hydrogen-bond acceptors (Lipinski definition) is 6. The molecule has 21 heavy (non-hydrogen) atoms. The van der Waals surface area contributed by atoms with E-state index in [9.17, 15) is 25.2 Å². The van der Waals surface area contributed by atoms with E-state index in [0.717, 1.165) is 0 Å². The van der Waals surface area contributed by atoms with Crippen LogP contribution in [-0.2, 0) is 6.42 Å². The zero-order valence-electron chi connectivity index (χ0n) is 10.8. The van der Waals surface area contributed by atoms with Gasteiger partial charge in [0.2, 0.25) is 5.78 Å². The summed E-state index contributed by atoms with van der Waals surface area (Å²) in [5.41, 5.74) is 0.594. The minimum atomic E-state index is -2.10. The molecule has 1 heterocycles. The molecule has 3 rings (SSSR count). The van der Waals surface area contributed by atoms with Gasteiger partial charge in [0.25, 0.3) is 5.79 Å². The minimum Gasteiger partial charge on any atom is -0.508 e. The Bertz CT molecular complexity index is 739. The van der Waals surface area contributed by atoms with Gasteiger partial charge < -0.3 is 25.2 Å². The van der Waals surface area contributed by atoms with E-state index in [1.54, 1.807) is 0 Å². The first-order chi connectivity index (χ1) is 9.89. The fourth-order valence-corrected chi connectivity index (χ4v) is 2.29. The molecule has 2 aromatic carbocycles. The highest BCUT2D eigenvalue weighted by atomic mass is 16.6. The third-order valence-electron chi connectivity index (χ3n) is 3.33. The second kappa shape index (κ2) is 4.39. The van der Waals surface area contributed by atoms with Crippen molar-refractivity contribution in [1.82, 2.24) is 0 Å². The Balaban J connectivity index is 1.92. The molecule has 2 aromatic rings. The number of ketones is 1. The van der Waals surface area contributed by atoms with E-state index in [0.29, 0.717) is 5.56 Å². The van der Waals surface area contributed by atoms with Crippen molar-refractivity contribution in [3.63, 3.8) is 0 Å². The van der Waals surface area contributed by atoms with Gasteiger partial charge in [0.15, 0.2) is 11.5 Å². The smallest absolute Gasteiger partial charge is 0.276 e. The Morgan fingerprint density at radius 2 is 1.76 bits per heavy atom. The van der Waals surface area contributed by atoms with Gasteiger partial charge in [0, 0.05) is 12.5 Å². The molecule has 0 radical (unpaired) electrons. The summed E-state index contributed by atoms with van der Waals surface area (Å²) in [5.74, 6) is -3.34. The average Bonchev–Trinajstić information content (AvgIpc) is 2.65. The number of benzene rings is 2. The van der Waals surface area contributed by atoms with Gasteiger partial charge in [-0.2, -0.15) is 0 Å². The van der Waals surface area contributed by atoms with Crippen LogP contribution >= 0.6 is 0 Å². The summed E-state index contributed by atoms with van der Waals surface area (Å²) >= 11 is 0. The summed E-state index contributed by atoms with van der Waals surface area (Å²) in [5, 5.41) is 38.5. The lowest BCUT2D eigenvalue weighted by Crippen LogP contribution is -2.42. The standard InChI is InChI=1S/C15H12O6/c16-9-2-3-10-13(6-9)21-15(20,14(10)19)7-8-1-4-11(17)12(18)5-8/h1-6,16-18,20H,7H2/t15-/m0/s1. The molecule has 108 valence electrons. The summed E-state index contributed by atoms with van der Waals surface area (Å²) < 4.78 is 5.26. The molecular weight excluding hydrogens is 276 g/mol. The molecule has 1 aliphatic heterocycles. The van der Waals surface area contributed by atoms with Crippen molar-refractivity contribution < 1.29 is 30.0 Å². The number of ether oxygens (including phenoxy) is 1. The molecule has 0 spiro atoms. The average molecular weight is 288 g/mol. The van der Waals surface area contributed by atoms with Crippen molar-refractivity contribution in [2.75, 3.05) is 0 Å². The summed E-state index contributed by atoms with van der Waals surface area (Å²) in [6.45, 7) is 0. The zero-order valence-corrected chi connectivity index (χ0v) is 10.8. The third-order valence-corrected chi connectivity index (χ3v) is 3.33. The number of carbonyl (C=O) groups is 1. The van der Waals surface area contributed by atoms with Gasteiger partial charge in [-0.05, 0) is 29.8 Å². The maximum Gasteiger partial charge on any atom is 0.276 e. The van der Waals surface area contributed by atoms with Crippen LogP contribution < -0.4 is 4.74 Å². The van der Waals surface area contributed by atoms with Crippen LogP contribution in [0.4, 0.5) is 0 Å². The van der Waals surface area contributed by atoms with E-state index in [1.807, 2.05) is 0 Å². The Hall–Kier alpha value is -2.73. The number of aliphatic hydroxyl groups is 1. The zero-order chi connectivity index (χ0) is 15.2. The van der Waals surface area contributed by atoms with Crippen molar-refractivity contribution in [3.8, 4) is 23.0 Å². The monoisotopic (exact) mass is 288 g/mol. The molecule has 0 fully saturated rings. The molecule has 0 saturated carbocycles. The van der Waals surface area contributed by atoms with Crippen molar-refractivity contribution >= 4 is 5.78 Å². The lowest BCUT2D eigenvalue weighted by Gasteiger charge is -2.20. The summed E-state index contributed by atoms with van der Waals surface area (Å²) in [6, 6.07) is 7.91. The van der Waals surface area contributed by atoms with Gasteiger partial charge in [-0.1, -0.05) is 6.07 Å². The highest BCUT2D eigenvalue weighted by Crippen LogP contribution is 2.38. The summed E-state index contributed by atoms with van der Waals surface area (Å²) in [4.78, 5) is 12.2. The highest BCUT2D eigenvalue weighted by Gasteiger charge is 2.46. The van der Waals surface area contributed by atoms with Gasteiger partial charge in [-0.25, -0.2) is 0 Å². The van der Waals surface area contributed by atoms with Gasteiger partial charge in [-0.15, -0.1) is 0 Å². The van der Waals surface area contributed by atoms with E-state index < -0.39 is 11.6 Å². The van der Waals surface area contributed by atoms with Gasteiger partial charge >= 0.3 is 0 Å². The number of hydrogen-bond donors (Lipinski definition) is 4. The molecule has 1 aliphatic rings. The first-order valence-corrected chi connectivity index (χ1v) is 6.19. The summed E-state index contributed by atoms with van der Waals surface area (Å²) in [6.07, 6.45) is -0.199. The van der Waals surface area contributed by atoms with Crippen LogP contribution in [0, 0.1) is 0 Å². The topological polar surface area (TPSA) is 107 Å². The Morgan fingerprint density at radius 1 is 1.00 bits per heavy atom. The molecule has 4 N–H and O–H groups in total. The van der Waals surface area contributed by atoms with Crippen LogP contribution in [0.15, 0.2) is 36.4 Å². The van der Waals surface area contributed by atoms with Crippen molar-refractivity contribution in [3.05, 3.63) is 47.5 Å². The van der Waals surface area contributed by atoms with E-state index in [4.69, 9.17) is 4.74 Å². The highest BCUT2D eigenvalue weighted by molar-refractivity contribution is 6.06. The van der Waals surface area contributed by atoms with Gasteiger partial charge in [0.05, 0.1) is 5.56 Å². The second-order valence-corrected chi connectivity index (χ2v) is 4.90. The number of phenols is 3. The molecule has 0 aromatic heterocycles. The quantitative estimate of drug-likeness (QED) is 0.621. The number of carbonyl (C=O) groups excluding carboxylic acids is 1. The number of Topliss-reactive ketones (excluding diaryl/α,β-unsaturated/α-hetero) is 1. The van der Waals surface area contributed by atoms with E-state index >= 15 is 0 Å². The SMILES string of the molecule is O=C1c2ccc(O)cc2O[C@@]1(O)Cc1ccc(O)c(O)c1. The maximum atomic E-state index is 12.2. The van der Waals surface area contributed by atoms with Crippen molar-refractivity contribution in [2.24, 2.45) is 0 Å². The largest absolute Gasteiger partial charge is 0.508 e. The number of aromatic hydroxyl groups is 3. The molecule has 1 atom stereocenters. The maximum absolute atomic E-state index is 12.2. The number of rotatable bonds is 2. The van der Waals surface area contributed by atoms with Crippen LogP contribution in [0.25, 0.3) is 0 Å². The molecule has 0 bridgehead atoms. The summed E-state index contributed by atoms with van der Waals surface area (Å²) in [7, 11) is 0. The molecule has 6 nitrogen and oxygen atoms in total. The van der Waals surface area contributed by atoms with Crippen molar-refractivity contribution in [2.45, 2.75) is 12.2 Å². The third kappa shape index (κ3) is 2.15. The van der Waals surface area contributed by atoms with E-state index in [2.05, 4.69) is 0 Å². The Morgan fingerprint density at radius 3 is 2.48 bits per heavy atom. The van der Waals surface area contributed by atoms with Crippen LogP contribution in [0.2, 0.25) is 0 Å². The minimum absolute atomic E-state index is 0.0759. The first-order valence-electron chi connectivity index (χ1n) is 6.19. The van der Waals surface area contributed by atoms with Crippen LogP contribution in [0.1, 0.15) is 15.9 Å². The van der Waals surface area contributed by atoms with Gasteiger partial charge in [0.1, 0.15) is 11.5 Å². The van der Waals surface area contributed by atoms with Crippen molar-refractivity contribution in [1.29, 1.82) is 0 Å². The molecule has 0 saturated heterocycles. The second-order valence-electron chi connectivity index (χ2n) is 4.90. The fourth-order valence-electron chi connectivity index (χ4n) is 2.29. The fraction of sp³-hybridized carbons (Fsp3) is 0.133. The van der Waals surface area contributed by atoms with Gasteiger partial charge in [-0.3, -0.25) is 4.79 Å². The molecule has 6 heteroatoms. The molecular formula is C15H12O6.